The zero-order valence-electron chi connectivity index (χ0n) is 14.3. The van der Waals surface area contributed by atoms with E-state index in [-0.39, 0.29) is 23.7 Å². The van der Waals surface area contributed by atoms with Crippen molar-refractivity contribution in [3.63, 3.8) is 0 Å². The maximum atomic E-state index is 12.6. The van der Waals surface area contributed by atoms with Crippen LogP contribution in [-0.4, -0.2) is 45.9 Å². The highest BCUT2D eigenvalue weighted by molar-refractivity contribution is 9.10. The number of piperidine rings is 1. The highest BCUT2D eigenvalue weighted by Crippen LogP contribution is 2.30. The SMILES string of the molecule is COCC1(CNC(=O)C2=Cc3cc(Br)ccc3OC2)CCNCC1.Cl. The number of carbonyl (C=O) groups excluding carboxylic acids is 1. The van der Waals surface area contributed by atoms with E-state index < -0.39 is 0 Å². The smallest absolute Gasteiger partial charge is 0.250 e. The van der Waals surface area contributed by atoms with Gasteiger partial charge in [0.2, 0.25) is 0 Å². The van der Waals surface area contributed by atoms with Crippen molar-refractivity contribution in [2.75, 3.05) is 40.0 Å². The summed E-state index contributed by atoms with van der Waals surface area (Å²) in [5, 5.41) is 6.45. The number of carbonyl (C=O) groups is 1. The number of fused-ring (bicyclic) bond motifs is 1. The number of rotatable bonds is 5. The van der Waals surface area contributed by atoms with Gasteiger partial charge in [-0.1, -0.05) is 15.9 Å². The molecule has 0 spiro atoms. The molecule has 2 N–H and O–H groups in total. The lowest BCUT2D eigenvalue weighted by atomic mass is 9.79. The summed E-state index contributed by atoms with van der Waals surface area (Å²) in [5.74, 6) is 0.749. The summed E-state index contributed by atoms with van der Waals surface area (Å²) in [6.07, 6.45) is 3.92. The van der Waals surface area contributed by atoms with Crippen LogP contribution in [0.25, 0.3) is 6.08 Å². The van der Waals surface area contributed by atoms with Crippen LogP contribution in [0.15, 0.2) is 28.2 Å². The molecule has 0 bridgehead atoms. The van der Waals surface area contributed by atoms with Crippen LogP contribution in [0.1, 0.15) is 18.4 Å². The van der Waals surface area contributed by atoms with Gasteiger partial charge < -0.3 is 20.1 Å². The summed E-state index contributed by atoms with van der Waals surface area (Å²) < 4.78 is 12.1. The molecule has 0 radical (unpaired) electrons. The fourth-order valence-corrected chi connectivity index (χ4v) is 3.68. The second-order valence-electron chi connectivity index (χ2n) is 6.51. The number of hydrogen-bond donors (Lipinski definition) is 2. The first-order chi connectivity index (χ1) is 11.6. The largest absolute Gasteiger partial charge is 0.488 e. The lowest BCUT2D eigenvalue weighted by Gasteiger charge is -2.37. The van der Waals surface area contributed by atoms with E-state index in [4.69, 9.17) is 9.47 Å². The summed E-state index contributed by atoms with van der Waals surface area (Å²) in [4.78, 5) is 12.6. The minimum atomic E-state index is -0.0605. The van der Waals surface area contributed by atoms with Crippen molar-refractivity contribution in [1.29, 1.82) is 0 Å². The molecule has 3 rings (SSSR count). The van der Waals surface area contributed by atoms with E-state index in [1.54, 1.807) is 7.11 Å². The first-order valence-corrected chi connectivity index (χ1v) is 9.02. The average Bonchev–Trinajstić information content (AvgIpc) is 2.60. The number of methoxy groups -OCH3 is 1. The van der Waals surface area contributed by atoms with Crippen LogP contribution in [0, 0.1) is 5.41 Å². The molecule has 0 atom stereocenters. The van der Waals surface area contributed by atoms with Crippen LogP contribution in [0.5, 0.6) is 5.75 Å². The molecule has 0 aromatic heterocycles. The summed E-state index contributed by atoms with van der Waals surface area (Å²) >= 11 is 3.45. The van der Waals surface area contributed by atoms with Crippen LogP contribution in [-0.2, 0) is 9.53 Å². The molecule has 1 aromatic rings. The van der Waals surface area contributed by atoms with Crippen molar-refractivity contribution in [3.8, 4) is 5.75 Å². The lowest BCUT2D eigenvalue weighted by molar-refractivity contribution is -0.118. The maximum Gasteiger partial charge on any atom is 0.250 e. The molecule has 2 aliphatic heterocycles. The minimum absolute atomic E-state index is 0. The van der Waals surface area contributed by atoms with Gasteiger partial charge in [-0.15, -0.1) is 12.4 Å². The Kier molecular flexibility index (Phi) is 7.31. The summed E-state index contributed by atoms with van der Waals surface area (Å²) in [6, 6.07) is 5.80. The van der Waals surface area contributed by atoms with Gasteiger partial charge in [-0.25, -0.2) is 0 Å². The van der Waals surface area contributed by atoms with Crippen molar-refractivity contribution >= 4 is 40.3 Å². The van der Waals surface area contributed by atoms with E-state index in [1.165, 1.54) is 0 Å². The summed E-state index contributed by atoms with van der Waals surface area (Å²) in [7, 11) is 1.72. The van der Waals surface area contributed by atoms with Crippen LogP contribution in [0.2, 0.25) is 0 Å². The molecule has 5 nitrogen and oxygen atoms in total. The molecule has 1 fully saturated rings. The molecule has 2 heterocycles. The predicted octanol–water partition coefficient (Wildman–Crippen LogP) is 2.78. The second-order valence-corrected chi connectivity index (χ2v) is 7.42. The highest BCUT2D eigenvalue weighted by Gasteiger charge is 2.33. The first-order valence-electron chi connectivity index (χ1n) is 8.23. The number of hydrogen-bond acceptors (Lipinski definition) is 4. The van der Waals surface area contributed by atoms with Gasteiger partial charge in [0.15, 0.2) is 0 Å². The van der Waals surface area contributed by atoms with Crippen LogP contribution in [0.4, 0.5) is 0 Å². The Morgan fingerprint density at radius 2 is 2.16 bits per heavy atom. The normalized spacial score (nSPS) is 18.2. The third kappa shape index (κ3) is 4.97. The number of nitrogens with one attached hydrogen (secondary N) is 2. The van der Waals surface area contributed by atoms with E-state index >= 15 is 0 Å². The number of amides is 1. The third-order valence-corrected chi connectivity index (χ3v) is 5.21. The molecular weight excluding hydrogens is 408 g/mol. The van der Waals surface area contributed by atoms with E-state index in [1.807, 2.05) is 24.3 Å². The predicted molar refractivity (Wildman–Crippen MR) is 104 cm³/mol. The van der Waals surface area contributed by atoms with Crippen LogP contribution in [0.3, 0.4) is 0 Å². The molecule has 25 heavy (non-hydrogen) atoms. The molecule has 2 aliphatic rings. The van der Waals surface area contributed by atoms with Crippen molar-refractivity contribution in [1.82, 2.24) is 10.6 Å². The Labute approximate surface area is 163 Å². The molecule has 1 aromatic carbocycles. The standard InChI is InChI=1S/C18H23BrN2O3.ClH/c1-23-12-18(4-6-20-7-5-18)11-21-17(22)14-8-13-9-15(19)2-3-16(13)24-10-14;/h2-3,8-9,20H,4-7,10-12H2,1H3,(H,21,22);1H. The van der Waals surface area contributed by atoms with Crippen LogP contribution < -0.4 is 15.4 Å². The van der Waals surface area contributed by atoms with Gasteiger partial charge in [-0.3, -0.25) is 4.79 Å². The quantitative estimate of drug-likeness (QED) is 0.753. The van der Waals surface area contributed by atoms with Crippen molar-refractivity contribution in [2.24, 2.45) is 5.41 Å². The van der Waals surface area contributed by atoms with Gasteiger partial charge >= 0.3 is 0 Å². The third-order valence-electron chi connectivity index (χ3n) is 4.72. The zero-order chi connectivity index (χ0) is 17.0. The van der Waals surface area contributed by atoms with Gasteiger partial charge in [-0.2, -0.15) is 0 Å². The number of benzene rings is 1. The molecule has 138 valence electrons. The van der Waals surface area contributed by atoms with Crippen molar-refractivity contribution in [3.05, 3.63) is 33.8 Å². The molecular formula is C18H24BrClN2O3. The summed E-state index contributed by atoms with van der Waals surface area (Å²) in [5.41, 5.74) is 1.60. The van der Waals surface area contributed by atoms with Gasteiger partial charge in [0, 0.05) is 29.1 Å². The number of halogens is 2. The van der Waals surface area contributed by atoms with E-state index in [0.29, 0.717) is 25.3 Å². The van der Waals surface area contributed by atoms with Gasteiger partial charge in [0.1, 0.15) is 12.4 Å². The Balaban J connectivity index is 0.00000225. The fraction of sp³-hybridized carbons (Fsp3) is 0.500. The molecule has 0 unspecified atom stereocenters. The van der Waals surface area contributed by atoms with Gasteiger partial charge in [0.05, 0.1) is 12.2 Å². The van der Waals surface area contributed by atoms with Crippen LogP contribution >= 0.6 is 28.3 Å². The Morgan fingerprint density at radius 1 is 1.40 bits per heavy atom. The highest BCUT2D eigenvalue weighted by atomic mass is 79.9. The molecule has 0 saturated carbocycles. The average molecular weight is 432 g/mol. The Morgan fingerprint density at radius 3 is 2.88 bits per heavy atom. The van der Waals surface area contributed by atoms with Gasteiger partial charge in [0.25, 0.3) is 5.91 Å². The van der Waals surface area contributed by atoms with Crippen molar-refractivity contribution in [2.45, 2.75) is 12.8 Å². The summed E-state index contributed by atoms with van der Waals surface area (Å²) in [6.45, 7) is 3.53. The Bertz CT molecular complexity index is 640. The van der Waals surface area contributed by atoms with Crippen molar-refractivity contribution < 1.29 is 14.3 Å². The second kappa shape index (κ2) is 9.03. The molecule has 7 heteroatoms. The minimum Gasteiger partial charge on any atom is -0.488 e. The maximum absolute atomic E-state index is 12.6. The molecule has 1 amide bonds. The Hall–Kier alpha value is -1.08. The first kappa shape index (κ1) is 20.2. The fourth-order valence-electron chi connectivity index (χ4n) is 3.30. The molecule has 0 aliphatic carbocycles. The van der Waals surface area contributed by atoms with E-state index in [0.717, 1.165) is 41.7 Å². The monoisotopic (exact) mass is 430 g/mol. The van der Waals surface area contributed by atoms with E-state index in [2.05, 4.69) is 26.6 Å². The van der Waals surface area contributed by atoms with E-state index in [9.17, 15) is 4.79 Å². The zero-order valence-corrected chi connectivity index (χ0v) is 16.7. The molecule has 1 saturated heterocycles. The van der Waals surface area contributed by atoms with Gasteiger partial charge in [-0.05, 0) is 50.2 Å². The topological polar surface area (TPSA) is 59.6 Å². The lowest BCUT2D eigenvalue weighted by Crippen LogP contribution is -2.47. The number of ether oxygens (including phenoxy) is 2.